The lowest BCUT2D eigenvalue weighted by Gasteiger charge is -2.30. The van der Waals surface area contributed by atoms with E-state index >= 15 is 0 Å². The summed E-state index contributed by atoms with van der Waals surface area (Å²) >= 11 is 0. The lowest BCUT2D eigenvalue weighted by Crippen LogP contribution is -2.37. The molecule has 2 rings (SSSR count). The first-order valence-corrected chi connectivity index (χ1v) is 10.2. The topological polar surface area (TPSA) is 55.5 Å². The molecule has 0 amide bonds. The third-order valence-electron chi connectivity index (χ3n) is 5.59. The van der Waals surface area contributed by atoms with Crippen LogP contribution in [0.2, 0.25) is 0 Å². The van der Waals surface area contributed by atoms with Gasteiger partial charge in [0.05, 0.1) is 12.2 Å². The molecule has 0 bridgehead atoms. The summed E-state index contributed by atoms with van der Waals surface area (Å²) in [6.07, 6.45) is 0.539. The molecule has 3 heteroatoms. The summed E-state index contributed by atoms with van der Waals surface area (Å²) < 4.78 is 5.86. The van der Waals surface area contributed by atoms with Crippen LogP contribution in [0.4, 0.5) is 0 Å². The fraction of sp³-hybridized carbons (Fsp3) is 0.520. The highest BCUT2D eigenvalue weighted by atomic mass is 16.5. The van der Waals surface area contributed by atoms with E-state index in [1.165, 1.54) is 16.7 Å². The zero-order chi connectivity index (χ0) is 21.2. The van der Waals surface area contributed by atoms with Gasteiger partial charge in [-0.2, -0.15) is 0 Å². The molecule has 1 atom stereocenters. The molecule has 2 aromatic rings. The van der Waals surface area contributed by atoms with Crippen molar-refractivity contribution in [2.75, 3.05) is 6.61 Å². The van der Waals surface area contributed by atoms with Crippen LogP contribution in [-0.4, -0.2) is 17.3 Å². The molecule has 3 N–H and O–H groups in total. The van der Waals surface area contributed by atoms with E-state index in [-0.39, 0.29) is 5.41 Å². The average molecular weight is 384 g/mol. The fourth-order valence-corrected chi connectivity index (χ4v) is 3.27. The summed E-state index contributed by atoms with van der Waals surface area (Å²) in [7, 11) is 0. The lowest BCUT2D eigenvalue weighted by molar-refractivity contribution is -0.0569. The molecule has 0 fully saturated rings. The summed E-state index contributed by atoms with van der Waals surface area (Å²) in [5.41, 5.74) is 9.46. The van der Waals surface area contributed by atoms with Gasteiger partial charge in [0.1, 0.15) is 5.72 Å². The zero-order valence-corrected chi connectivity index (χ0v) is 18.5. The monoisotopic (exact) mass is 383 g/mol. The summed E-state index contributed by atoms with van der Waals surface area (Å²) in [6, 6.07) is 17.3. The molecule has 0 heterocycles. The van der Waals surface area contributed by atoms with Crippen LogP contribution in [-0.2, 0) is 15.9 Å². The quantitative estimate of drug-likeness (QED) is 0.596. The molecule has 0 radical (unpaired) electrons. The van der Waals surface area contributed by atoms with Crippen molar-refractivity contribution in [1.29, 1.82) is 0 Å². The Morgan fingerprint density at radius 2 is 1.25 bits per heavy atom. The van der Waals surface area contributed by atoms with Crippen LogP contribution in [0.5, 0.6) is 0 Å². The smallest absolute Gasteiger partial charge is 0.139 e. The van der Waals surface area contributed by atoms with Crippen LogP contribution >= 0.6 is 0 Å². The molecule has 154 valence electrons. The predicted octanol–water partition coefficient (Wildman–Crippen LogP) is 5.44. The number of ether oxygens (including phenoxy) is 1. The second-order valence-electron chi connectivity index (χ2n) is 9.50. The van der Waals surface area contributed by atoms with E-state index in [0.717, 1.165) is 5.56 Å². The highest BCUT2D eigenvalue weighted by molar-refractivity contribution is 5.40. The molecule has 0 saturated heterocycles. The van der Waals surface area contributed by atoms with Crippen LogP contribution in [0, 0.1) is 0 Å². The third kappa shape index (κ3) is 5.66. The molecule has 0 aliphatic heterocycles. The number of aliphatic hydroxyl groups is 1. The first kappa shape index (κ1) is 22.6. The summed E-state index contributed by atoms with van der Waals surface area (Å²) in [6.45, 7) is 14.7. The minimum absolute atomic E-state index is 0.0964. The van der Waals surface area contributed by atoms with Gasteiger partial charge in [0.25, 0.3) is 0 Å². The van der Waals surface area contributed by atoms with Gasteiger partial charge in [-0.25, -0.2) is 0 Å². The van der Waals surface area contributed by atoms with E-state index in [1.54, 1.807) is 13.8 Å². The fourth-order valence-electron chi connectivity index (χ4n) is 3.27. The van der Waals surface area contributed by atoms with Gasteiger partial charge in [0.15, 0.2) is 0 Å². The normalized spacial score (nSPS) is 14.9. The Kier molecular flexibility index (Phi) is 6.75. The molecular formula is C25H37NO2. The molecule has 0 aliphatic rings. The number of benzene rings is 2. The molecule has 2 aromatic carbocycles. The molecule has 1 unspecified atom stereocenters. The number of hydrogen-bond acceptors (Lipinski definition) is 3. The van der Waals surface area contributed by atoms with Gasteiger partial charge >= 0.3 is 0 Å². The van der Waals surface area contributed by atoms with Crippen molar-refractivity contribution in [3.8, 4) is 0 Å². The van der Waals surface area contributed by atoms with E-state index in [4.69, 9.17) is 10.5 Å². The SMILES string of the molecule is CC(C)c1ccc(C(C)(C)c2ccc(C(C)(N)OCCC(C)(C)O)cc2)cc1. The predicted molar refractivity (Wildman–Crippen MR) is 118 cm³/mol. The van der Waals surface area contributed by atoms with Crippen LogP contribution in [0.15, 0.2) is 48.5 Å². The largest absolute Gasteiger partial charge is 0.390 e. The van der Waals surface area contributed by atoms with Crippen molar-refractivity contribution in [2.24, 2.45) is 5.73 Å². The highest BCUT2D eigenvalue weighted by Gasteiger charge is 2.26. The Balaban J connectivity index is 2.15. The van der Waals surface area contributed by atoms with Gasteiger partial charge in [-0.05, 0) is 55.4 Å². The Morgan fingerprint density at radius 1 is 0.821 bits per heavy atom. The number of hydrogen-bond donors (Lipinski definition) is 2. The molecule has 28 heavy (non-hydrogen) atoms. The van der Waals surface area contributed by atoms with Gasteiger partial charge in [-0.3, -0.25) is 5.73 Å². The average Bonchev–Trinajstić information content (AvgIpc) is 2.60. The Hall–Kier alpha value is -1.68. The van der Waals surface area contributed by atoms with Crippen molar-refractivity contribution in [2.45, 2.75) is 77.5 Å². The Labute approximate surface area is 170 Å². The molecule has 0 spiro atoms. The summed E-state index contributed by atoms with van der Waals surface area (Å²) in [5.74, 6) is 0.537. The number of rotatable bonds is 8. The molecule has 0 saturated carbocycles. The first-order chi connectivity index (χ1) is 12.8. The third-order valence-corrected chi connectivity index (χ3v) is 5.59. The van der Waals surface area contributed by atoms with Gasteiger partial charge in [0.2, 0.25) is 0 Å². The van der Waals surface area contributed by atoms with Gasteiger partial charge in [-0.1, -0.05) is 76.2 Å². The van der Waals surface area contributed by atoms with Crippen LogP contribution in [0.3, 0.4) is 0 Å². The van der Waals surface area contributed by atoms with Crippen LogP contribution < -0.4 is 5.73 Å². The van der Waals surface area contributed by atoms with Crippen LogP contribution in [0.25, 0.3) is 0 Å². The maximum absolute atomic E-state index is 9.85. The van der Waals surface area contributed by atoms with Gasteiger partial charge in [0, 0.05) is 5.41 Å². The molecular weight excluding hydrogens is 346 g/mol. The molecule has 0 aliphatic carbocycles. The van der Waals surface area contributed by atoms with Gasteiger partial charge in [-0.15, -0.1) is 0 Å². The Morgan fingerprint density at radius 3 is 1.68 bits per heavy atom. The van der Waals surface area contributed by atoms with E-state index in [1.807, 2.05) is 19.1 Å². The zero-order valence-electron chi connectivity index (χ0n) is 18.5. The molecule has 0 aromatic heterocycles. The summed E-state index contributed by atoms with van der Waals surface area (Å²) in [5, 5.41) is 9.85. The van der Waals surface area contributed by atoms with Crippen molar-refractivity contribution in [3.63, 3.8) is 0 Å². The van der Waals surface area contributed by atoms with Gasteiger partial charge < -0.3 is 9.84 Å². The maximum Gasteiger partial charge on any atom is 0.139 e. The Bertz CT molecular complexity index is 751. The van der Waals surface area contributed by atoms with Crippen molar-refractivity contribution in [3.05, 3.63) is 70.8 Å². The van der Waals surface area contributed by atoms with E-state index in [2.05, 4.69) is 64.1 Å². The minimum Gasteiger partial charge on any atom is -0.390 e. The van der Waals surface area contributed by atoms with E-state index < -0.39 is 11.3 Å². The van der Waals surface area contributed by atoms with Crippen molar-refractivity contribution < 1.29 is 9.84 Å². The van der Waals surface area contributed by atoms with E-state index in [9.17, 15) is 5.11 Å². The minimum atomic E-state index is -0.882. The summed E-state index contributed by atoms with van der Waals surface area (Å²) in [4.78, 5) is 0. The first-order valence-electron chi connectivity index (χ1n) is 10.2. The molecule has 3 nitrogen and oxygen atoms in total. The second-order valence-corrected chi connectivity index (χ2v) is 9.50. The number of nitrogens with two attached hydrogens (primary N) is 1. The lowest BCUT2D eigenvalue weighted by atomic mass is 9.77. The van der Waals surface area contributed by atoms with Crippen molar-refractivity contribution in [1.82, 2.24) is 0 Å². The maximum atomic E-state index is 9.85. The second kappa shape index (κ2) is 8.36. The van der Waals surface area contributed by atoms with Crippen molar-refractivity contribution >= 4 is 0 Å². The standard InChI is InChI=1S/C25H37NO2/c1-18(2)19-8-10-20(11-9-19)24(5,6)21-12-14-22(15-13-21)25(7,26)28-17-16-23(3,4)27/h8-15,18,27H,16-17,26H2,1-7H3. The highest BCUT2D eigenvalue weighted by Crippen LogP contribution is 2.33. The van der Waals surface area contributed by atoms with E-state index in [0.29, 0.717) is 18.9 Å². The van der Waals surface area contributed by atoms with Crippen LogP contribution in [0.1, 0.15) is 83.1 Å².